The predicted molar refractivity (Wildman–Crippen MR) is 98.6 cm³/mol. The lowest BCUT2D eigenvalue weighted by molar-refractivity contribution is 0.271. The van der Waals surface area contributed by atoms with Gasteiger partial charge >= 0.3 is 0 Å². The van der Waals surface area contributed by atoms with Crippen molar-refractivity contribution in [3.05, 3.63) is 95.1 Å². The highest BCUT2D eigenvalue weighted by Crippen LogP contribution is 2.25. The van der Waals surface area contributed by atoms with Gasteiger partial charge in [0.15, 0.2) is 0 Å². The van der Waals surface area contributed by atoms with Crippen LogP contribution in [0.1, 0.15) is 22.3 Å². The summed E-state index contributed by atoms with van der Waals surface area (Å²) in [4.78, 5) is 0. The second-order valence-electron chi connectivity index (χ2n) is 5.84. The number of nitrogens with zero attached hydrogens (tertiary/aromatic N) is 1. The van der Waals surface area contributed by atoms with E-state index in [1.807, 2.05) is 48.5 Å². The van der Waals surface area contributed by atoms with Crippen molar-refractivity contribution in [1.82, 2.24) is 0 Å². The van der Waals surface area contributed by atoms with E-state index >= 15 is 0 Å². The van der Waals surface area contributed by atoms with Crippen LogP contribution in [0.2, 0.25) is 0 Å². The summed E-state index contributed by atoms with van der Waals surface area (Å²) < 4.78 is 11.7. The van der Waals surface area contributed by atoms with Gasteiger partial charge in [0, 0.05) is 6.07 Å². The van der Waals surface area contributed by atoms with Gasteiger partial charge in [-0.15, -0.1) is 0 Å². The van der Waals surface area contributed by atoms with Crippen molar-refractivity contribution in [2.45, 2.75) is 19.8 Å². The Morgan fingerprint density at radius 2 is 1.31 bits per heavy atom. The highest BCUT2D eigenvalue weighted by Gasteiger charge is 2.05. The first kappa shape index (κ1) is 17.5. The molecule has 0 aliphatic carbocycles. The van der Waals surface area contributed by atoms with Crippen LogP contribution < -0.4 is 9.47 Å². The summed E-state index contributed by atoms with van der Waals surface area (Å²) in [5, 5.41) is 18.3. The van der Waals surface area contributed by atoms with Gasteiger partial charge in [0.1, 0.15) is 24.7 Å². The summed E-state index contributed by atoms with van der Waals surface area (Å²) in [7, 11) is 0. The molecule has 4 heteroatoms. The van der Waals surface area contributed by atoms with Crippen molar-refractivity contribution in [2.24, 2.45) is 0 Å². The van der Waals surface area contributed by atoms with Crippen LogP contribution in [0.25, 0.3) is 0 Å². The smallest absolute Gasteiger partial charge is 0.123 e. The van der Waals surface area contributed by atoms with Crippen LogP contribution in [0.4, 0.5) is 0 Å². The number of benzene rings is 3. The average molecular weight is 345 g/mol. The fourth-order valence-corrected chi connectivity index (χ4v) is 2.47. The molecule has 0 aliphatic heterocycles. The van der Waals surface area contributed by atoms with E-state index in [1.165, 1.54) is 0 Å². The molecule has 0 heterocycles. The third-order valence-electron chi connectivity index (χ3n) is 3.86. The Morgan fingerprint density at radius 3 is 1.85 bits per heavy atom. The van der Waals surface area contributed by atoms with Gasteiger partial charge in [-0.25, -0.2) is 0 Å². The Morgan fingerprint density at radius 1 is 0.731 bits per heavy atom. The number of nitriles is 1. The Balaban J connectivity index is 1.67. The SMILES string of the molecule is N#Cc1ccc(COc2cc(CO)cc(OCc3ccccc3)c2)cc1. The monoisotopic (exact) mass is 345 g/mol. The first-order valence-electron chi connectivity index (χ1n) is 8.30. The molecule has 0 spiro atoms. The molecule has 0 saturated carbocycles. The zero-order valence-corrected chi connectivity index (χ0v) is 14.3. The number of hydrogen-bond donors (Lipinski definition) is 1. The van der Waals surface area contributed by atoms with Gasteiger partial charge in [-0.05, 0) is 41.0 Å². The van der Waals surface area contributed by atoms with Crippen LogP contribution >= 0.6 is 0 Å². The molecule has 130 valence electrons. The normalized spacial score (nSPS) is 10.2. The van der Waals surface area contributed by atoms with Crippen molar-refractivity contribution < 1.29 is 14.6 Å². The summed E-state index contributed by atoms with van der Waals surface area (Å²) in [6, 6.07) is 24.6. The third-order valence-corrected chi connectivity index (χ3v) is 3.86. The Labute approximate surface area is 152 Å². The van der Waals surface area contributed by atoms with Crippen LogP contribution in [-0.4, -0.2) is 5.11 Å². The van der Waals surface area contributed by atoms with E-state index in [0.29, 0.717) is 30.3 Å². The molecule has 3 aromatic carbocycles. The Kier molecular flexibility index (Phi) is 5.87. The van der Waals surface area contributed by atoms with Gasteiger partial charge in [-0.3, -0.25) is 0 Å². The quantitative estimate of drug-likeness (QED) is 0.697. The van der Waals surface area contributed by atoms with E-state index in [1.54, 1.807) is 24.3 Å². The van der Waals surface area contributed by atoms with E-state index in [0.717, 1.165) is 16.7 Å². The fourth-order valence-electron chi connectivity index (χ4n) is 2.47. The Bertz CT molecular complexity index is 884. The molecule has 0 radical (unpaired) electrons. The molecule has 3 rings (SSSR count). The molecule has 0 aliphatic rings. The van der Waals surface area contributed by atoms with Crippen LogP contribution in [0.3, 0.4) is 0 Å². The maximum Gasteiger partial charge on any atom is 0.123 e. The van der Waals surface area contributed by atoms with Crippen molar-refractivity contribution in [3.63, 3.8) is 0 Å². The number of ether oxygens (including phenoxy) is 2. The number of hydrogen-bond acceptors (Lipinski definition) is 4. The summed E-state index contributed by atoms with van der Waals surface area (Å²) in [5.74, 6) is 1.28. The zero-order chi connectivity index (χ0) is 18.2. The zero-order valence-electron chi connectivity index (χ0n) is 14.3. The van der Waals surface area contributed by atoms with Crippen LogP contribution in [0.15, 0.2) is 72.8 Å². The highest BCUT2D eigenvalue weighted by atomic mass is 16.5. The van der Waals surface area contributed by atoms with Crippen molar-refractivity contribution in [3.8, 4) is 17.6 Å². The molecule has 26 heavy (non-hydrogen) atoms. The van der Waals surface area contributed by atoms with Crippen LogP contribution in [0, 0.1) is 11.3 Å². The summed E-state index contributed by atoms with van der Waals surface area (Å²) in [5.41, 5.74) is 3.38. The van der Waals surface area contributed by atoms with Gasteiger partial charge in [0.2, 0.25) is 0 Å². The van der Waals surface area contributed by atoms with Gasteiger partial charge in [0.25, 0.3) is 0 Å². The maximum atomic E-state index is 9.47. The van der Waals surface area contributed by atoms with E-state index in [-0.39, 0.29) is 6.61 Å². The fraction of sp³-hybridized carbons (Fsp3) is 0.136. The molecule has 0 saturated heterocycles. The molecule has 3 aromatic rings. The molecule has 0 bridgehead atoms. The second-order valence-corrected chi connectivity index (χ2v) is 5.84. The Hall–Kier alpha value is -3.29. The molecule has 0 amide bonds. The largest absolute Gasteiger partial charge is 0.489 e. The molecule has 0 aromatic heterocycles. The number of aliphatic hydroxyl groups excluding tert-OH is 1. The number of rotatable bonds is 7. The van der Waals surface area contributed by atoms with Gasteiger partial charge in [-0.1, -0.05) is 42.5 Å². The third kappa shape index (κ3) is 4.85. The minimum atomic E-state index is -0.0875. The lowest BCUT2D eigenvalue weighted by atomic mass is 10.1. The maximum absolute atomic E-state index is 9.47. The van der Waals surface area contributed by atoms with Gasteiger partial charge in [-0.2, -0.15) is 5.26 Å². The first-order chi connectivity index (χ1) is 12.8. The van der Waals surface area contributed by atoms with Crippen molar-refractivity contribution in [2.75, 3.05) is 0 Å². The molecular weight excluding hydrogens is 326 g/mol. The molecule has 0 atom stereocenters. The number of aliphatic hydroxyl groups is 1. The summed E-state index contributed by atoms with van der Waals surface area (Å²) in [6.45, 7) is 0.735. The predicted octanol–water partition coefficient (Wildman–Crippen LogP) is 4.21. The van der Waals surface area contributed by atoms with Crippen molar-refractivity contribution in [1.29, 1.82) is 5.26 Å². The van der Waals surface area contributed by atoms with E-state index < -0.39 is 0 Å². The van der Waals surface area contributed by atoms with E-state index in [9.17, 15) is 5.11 Å². The van der Waals surface area contributed by atoms with E-state index in [2.05, 4.69) is 6.07 Å². The molecule has 0 unspecified atom stereocenters. The van der Waals surface area contributed by atoms with E-state index in [4.69, 9.17) is 14.7 Å². The minimum Gasteiger partial charge on any atom is -0.489 e. The lowest BCUT2D eigenvalue weighted by Gasteiger charge is -2.12. The van der Waals surface area contributed by atoms with Gasteiger partial charge < -0.3 is 14.6 Å². The molecule has 0 fully saturated rings. The van der Waals surface area contributed by atoms with Crippen LogP contribution in [-0.2, 0) is 19.8 Å². The lowest BCUT2D eigenvalue weighted by Crippen LogP contribution is -1.99. The van der Waals surface area contributed by atoms with Crippen LogP contribution in [0.5, 0.6) is 11.5 Å². The minimum absolute atomic E-state index is 0.0875. The summed E-state index contributed by atoms with van der Waals surface area (Å²) in [6.07, 6.45) is 0. The van der Waals surface area contributed by atoms with Crippen molar-refractivity contribution >= 4 is 0 Å². The standard InChI is InChI=1S/C22H19NO3/c23-13-17-6-8-19(9-7-17)16-26-22-11-20(14-24)10-21(12-22)25-15-18-4-2-1-3-5-18/h1-12,24H,14-16H2. The molecular formula is C22H19NO3. The summed E-state index contributed by atoms with van der Waals surface area (Å²) >= 11 is 0. The van der Waals surface area contributed by atoms with Gasteiger partial charge in [0.05, 0.1) is 18.2 Å². The molecule has 4 nitrogen and oxygen atoms in total. The average Bonchev–Trinajstić information content (AvgIpc) is 2.71. The second kappa shape index (κ2) is 8.70. The topological polar surface area (TPSA) is 62.5 Å². The first-order valence-corrected chi connectivity index (χ1v) is 8.30. The highest BCUT2D eigenvalue weighted by molar-refractivity contribution is 5.39. The molecule has 1 N–H and O–H groups in total.